The van der Waals surface area contributed by atoms with E-state index in [1.807, 2.05) is 13.0 Å². The summed E-state index contributed by atoms with van der Waals surface area (Å²) in [5.41, 5.74) is 0. The fraction of sp³-hybridized carbons (Fsp3) is 0.273. The number of sulfone groups is 1. The summed E-state index contributed by atoms with van der Waals surface area (Å²) < 4.78 is 23.4. The fourth-order valence-corrected chi connectivity index (χ4v) is 4.08. The molecule has 0 saturated heterocycles. The maximum atomic E-state index is 11.6. The molecular weight excluding hydrogens is 304 g/mol. The number of aryl methyl sites for hydroxylation is 1. The second-order valence-corrected chi connectivity index (χ2v) is 8.21. The second kappa shape index (κ2) is 5.40. The fourth-order valence-electron chi connectivity index (χ4n) is 1.40. The highest BCUT2D eigenvalue weighted by atomic mass is 32.2. The zero-order valence-corrected chi connectivity index (χ0v) is 12.6. The minimum atomic E-state index is -3.34. The molecule has 0 radical (unpaired) electrons. The van der Waals surface area contributed by atoms with Crippen molar-refractivity contribution in [1.29, 1.82) is 0 Å². The van der Waals surface area contributed by atoms with Gasteiger partial charge in [0.15, 0.2) is 15.0 Å². The molecule has 2 aromatic rings. The number of carbonyl (C=O) groups excluding carboxylic acids is 1. The van der Waals surface area contributed by atoms with Gasteiger partial charge in [0.05, 0.1) is 10.5 Å². The monoisotopic (exact) mass is 316 g/mol. The summed E-state index contributed by atoms with van der Waals surface area (Å²) in [6.45, 7) is 5.19. The summed E-state index contributed by atoms with van der Waals surface area (Å²) in [5, 5.41) is 3.98. The van der Waals surface area contributed by atoms with Gasteiger partial charge < -0.3 is 5.32 Å². The van der Waals surface area contributed by atoms with Crippen molar-refractivity contribution in [2.75, 3.05) is 11.1 Å². The summed E-state index contributed by atoms with van der Waals surface area (Å²) in [4.78, 5) is 17.9. The van der Waals surface area contributed by atoms with Crippen LogP contribution in [0.4, 0.5) is 5.13 Å². The molecule has 0 aliphatic carbocycles. The molecule has 0 bridgehead atoms. The number of nitrogens with one attached hydrogen (secondary N) is 1. The smallest absolute Gasteiger partial charge is 0.227 e. The normalized spacial score (nSPS) is 11.6. The standard InChI is InChI=1S/C11H12N2O3S3/c1-3-19(15,16)5-4-9(14)12-11-13-10-8(18-11)6-7(2)17-10/h3,6H,1,4-5H2,2H3,(H,12,13,14). The molecule has 0 atom stereocenters. The van der Waals surface area contributed by atoms with Crippen LogP contribution in [0.2, 0.25) is 0 Å². The van der Waals surface area contributed by atoms with E-state index in [2.05, 4.69) is 16.9 Å². The first-order valence-corrected chi connectivity index (χ1v) is 8.76. The van der Waals surface area contributed by atoms with Gasteiger partial charge in [-0.2, -0.15) is 0 Å². The molecule has 0 aliphatic rings. The number of thiazole rings is 1. The van der Waals surface area contributed by atoms with Crippen molar-refractivity contribution in [3.8, 4) is 0 Å². The first-order valence-electron chi connectivity index (χ1n) is 5.41. The molecule has 1 amide bonds. The Labute approximate surface area is 118 Å². The number of fused-ring (bicyclic) bond motifs is 1. The number of rotatable bonds is 5. The van der Waals surface area contributed by atoms with E-state index in [4.69, 9.17) is 0 Å². The van der Waals surface area contributed by atoms with Gasteiger partial charge >= 0.3 is 0 Å². The van der Waals surface area contributed by atoms with Gasteiger partial charge in [0.25, 0.3) is 0 Å². The molecule has 0 saturated carbocycles. The number of amides is 1. The lowest BCUT2D eigenvalue weighted by atomic mass is 10.5. The maximum absolute atomic E-state index is 11.6. The number of nitrogens with zero attached hydrogens (tertiary/aromatic N) is 1. The number of thiophene rings is 1. The molecule has 0 aliphatic heterocycles. The van der Waals surface area contributed by atoms with Crippen molar-refractivity contribution < 1.29 is 13.2 Å². The van der Waals surface area contributed by atoms with E-state index in [1.165, 1.54) is 16.2 Å². The van der Waals surface area contributed by atoms with E-state index < -0.39 is 9.84 Å². The maximum Gasteiger partial charge on any atom is 0.227 e. The van der Waals surface area contributed by atoms with Crippen molar-refractivity contribution in [3.05, 3.63) is 22.9 Å². The van der Waals surface area contributed by atoms with Crippen LogP contribution in [0.3, 0.4) is 0 Å². The van der Waals surface area contributed by atoms with E-state index in [0.29, 0.717) is 5.13 Å². The Hall–Kier alpha value is -1.25. The second-order valence-electron chi connectivity index (χ2n) is 3.88. The minimum absolute atomic E-state index is 0.0966. The number of anilines is 1. The zero-order valence-electron chi connectivity index (χ0n) is 10.2. The summed E-state index contributed by atoms with van der Waals surface area (Å²) >= 11 is 2.94. The third kappa shape index (κ3) is 3.62. The van der Waals surface area contributed by atoms with Gasteiger partial charge in [-0.15, -0.1) is 11.3 Å². The number of carbonyl (C=O) groups is 1. The molecule has 19 heavy (non-hydrogen) atoms. The van der Waals surface area contributed by atoms with Gasteiger partial charge in [-0.25, -0.2) is 13.4 Å². The molecule has 0 spiro atoms. The molecule has 1 N–H and O–H groups in total. The van der Waals surface area contributed by atoms with Gasteiger partial charge in [0, 0.05) is 16.7 Å². The summed E-state index contributed by atoms with van der Waals surface area (Å²) in [5.74, 6) is -0.593. The number of hydrogen-bond acceptors (Lipinski definition) is 6. The Bertz CT molecular complexity index is 696. The van der Waals surface area contributed by atoms with Gasteiger partial charge in [0.2, 0.25) is 5.91 Å². The van der Waals surface area contributed by atoms with Crippen molar-refractivity contribution in [3.63, 3.8) is 0 Å². The predicted octanol–water partition coefficient (Wildman–Crippen LogP) is 2.55. The van der Waals surface area contributed by atoms with Crippen LogP contribution in [0.25, 0.3) is 9.53 Å². The van der Waals surface area contributed by atoms with Crippen molar-refractivity contribution in [2.24, 2.45) is 0 Å². The molecular formula is C11H12N2O3S3. The zero-order chi connectivity index (χ0) is 14.0. The van der Waals surface area contributed by atoms with Crippen LogP contribution in [0, 0.1) is 6.92 Å². The van der Waals surface area contributed by atoms with Crippen LogP contribution in [0.1, 0.15) is 11.3 Å². The Morgan fingerprint density at radius 1 is 1.53 bits per heavy atom. The third-order valence-corrected chi connectivity index (χ3v) is 5.60. The summed E-state index contributed by atoms with van der Waals surface area (Å²) in [6.07, 6.45) is -0.0966. The SMILES string of the molecule is C=CS(=O)(=O)CCC(=O)Nc1nc2sc(C)cc2s1. The summed E-state index contributed by atoms with van der Waals surface area (Å²) in [7, 11) is -3.34. The minimum Gasteiger partial charge on any atom is -0.302 e. The first kappa shape index (κ1) is 14.2. The van der Waals surface area contributed by atoms with E-state index >= 15 is 0 Å². The lowest BCUT2D eigenvalue weighted by Gasteiger charge is -2.00. The predicted molar refractivity (Wildman–Crippen MR) is 79.5 cm³/mol. The highest BCUT2D eigenvalue weighted by Crippen LogP contribution is 2.32. The molecule has 5 nitrogen and oxygen atoms in total. The highest BCUT2D eigenvalue weighted by molar-refractivity contribution is 7.94. The largest absolute Gasteiger partial charge is 0.302 e. The quantitative estimate of drug-likeness (QED) is 0.919. The number of hydrogen-bond donors (Lipinski definition) is 1. The molecule has 0 aromatic carbocycles. The molecule has 8 heteroatoms. The molecule has 0 fully saturated rings. The molecule has 0 unspecified atom stereocenters. The van der Waals surface area contributed by atoms with E-state index in [9.17, 15) is 13.2 Å². The Morgan fingerprint density at radius 3 is 2.89 bits per heavy atom. The Balaban J connectivity index is 1.98. The lowest BCUT2D eigenvalue weighted by molar-refractivity contribution is -0.115. The van der Waals surface area contributed by atoms with Crippen LogP contribution in [0.15, 0.2) is 18.1 Å². The van der Waals surface area contributed by atoms with E-state index in [-0.39, 0.29) is 18.1 Å². The first-order chi connectivity index (χ1) is 8.89. The van der Waals surface area contributed by atoms with Gasteiger partial charge in [-0.3, -0.25) is 4.79 Å². The van der Waals surface area contributed by atoms with Crippen LogP contribution in [-0.2, 0) is 14.6 Å². The van der Waals surface area contributed by atoms with Crippen LogP contribution >= 0.6 is 22.7 Å². The molecule has 2 rings (SSSR count). The molecule has 2 aromatic heterocycles. The van der Waals surface area contributed by atoms with E-state index in [0.717, 1.165) is 14.9 Å². The third-order valence-electron chi connectivity index (χ3n) is 2.33. The van der Waals surface area contributed by atoms with Gasteiger partial charge in [0.1, 0.15) is 4.83 Å². The van der Waals surface area contributed by atoms with Crippen molar-refractivity contribution in [2.45, 2.75) is 13.3 Å². The Kier molecular flexibility index (Phi) is 4.02. The number of aromatic nitrogens is 1. The van der Waals surface area contributed by atoms with Crippen LogP contribution < -0.4 is 5.32 Å². The summed E-state index contributed by atoms with van der Waals surface area (Å²) in [6, 6.07) is 2.01. The van der Waals surface area contributed by atoms with Crippen LogP contribution in [0.5, 0.6) is 0 Å². The van der Waals surface area contributed by atoms with Crippen molar-refractivity contribution >= 4 is 53.1 Å². The average molecular weight is 316 g/mol. The molecule has 102 valence electrons. The lowest BCUT2D eigenvalue weighted by Crippen LogP contribution is -2.15. The Morgan fingerprint density at radius 2 is 2.26 bits per heavy atom. The van der Waals surface area contributed by atoms with Crippen molar-refractivity contribution in [1.82, 2.24) is 4.98 Å². The average Bonchev–Trinajstić information content (AvgIpc) is 2.83. The van der Waals surface area contributed by atoms with Crippen LogP contribution in [-0.4, -0.2) is 25.1 Å². The van der Waals surface area contributed by atoms with Gasteiger partial charge in [-0.05, 0) is 13.0 Å². The topological polar surface area (TPSA) is 76.1 Å². The van der Waals surface area contributed by atoms with Gasteiger partial charge in [-0.1, -0.05) is 17.9 Å². The molecule has 2 heterocycles. The highest BCUT2D eigenvalue weighted by Gasteiger charge is 2.12. The van der Waals surface area contributed by atoms with E-state index in [1.54, 1.807) is 11.3 Å².